The number of nitrogens with zero attached hydrogens (tertiary/aromatic N) is 2. The molecular weight excluding hydrogens is 202 g/mol. The lowest BCUT2D eigenvalue weighted by atomic mass is 9.82. The van der Waals surface area contributed by atoms with Crippen LogP contribution >= 0.6 is 0 Å². The van der Waals surface area contributed by atoms with Crippen LogP contribution in [0.1, 0.15) is 18.4 Å². The predicted octanol–water partition coefficient (Wildman–Crippen LogP) is 0.935. The molecule has 0 spiro atoms. The normalized spacial score (nSPS) is 39.4. The van der Waals surface area contributed by atoms with Gasteiger partial charge in [-0.15, -0.1) is 0 Å². The van der Waals surface area contributed by atoms with Gasteiger partial charge in [0, 0.05) is 30.0 Å². The van der Waals surface area contributed by atoms with Crippen molar-refractivity contribution in [2.75, 3.05) is 0 Å². The van der Waals surface area contributed by atoms with Gasteiger partial charge in [-0.05, 0) is 25.0 Å². The van der Waals surface area contributed by atoms with Crippen LogP contribution < -0.4 is 5.32 Å². The first kappa shape index (κ1) is 8.70. The molecule has 1 N–H and O–H groups in total. The molecule has 4 nitrogen and oxygen atoms in total. The highest BCUT2D eigenvalue weighted by Crippen LogP contribution is 2.41. The predicted molar refractivity (Wildman–Crippen MR) is 59.1 cm³/mol. The van der Waals surface area contributed by atoms with Crippen molar-refractivity contribution in [2.45, 2.75) is 31.0 Å². The van der Waals surface area contributed by atoms with E-state index in [-0.39, 0.29) is 6.10 Å². The maximum absolute atomic E-state index is 5.58. The van der Waals surface area contributed by atoms with E-state index in [1.54, 1.807) is 0 Å². The Balaban J connectivity index is 1.72. The Hall–Kier alpha value is -1.42. The SMILES string of the molecule is c1cc(C2=NO[C@@H]3[C@H]2[C@H]2CC[C@@H]3N2)ccn1. The average molecular weight is 215 g/mol. The van der Waals surface area contributed by atoms with Crippen LogP contribution in [0.4, 0.5) is 0 Å². The lowest BCUT2D eigenvalue weighted by molar-refractivity contribution is 0.0505. The molecule has 2 bridgehead atoms. The lowest BCUT2D eigenvalue weighted by Crippen LogP contribution is -2.34. The van der Waals surface area contributed by atoms with Gasteiger partial charge in [-0.2, -0.15) is 0 Å². The summed E-state index contributed by atoms with van der Waals surface area (Å²) in [7, 11) is 0. The van der Waals surface area contributed by atoms with Crippen LogP contribution in [0.15, 0.2) is 29.7 Å². The van der Waals surface area contributed by atoms with E-state index in [0.717, 1.165) is 11.3 Å². The van der Waals surface area contributed by atoms with E-state index in [0.29, 0.717) is 18.0 Å². The third kappa shape index (κ3) is 1.02. The topological polar surface area (TPSA) is 46.5 Å². The van der Waals surface area contributed by atoms with E-state index in [4.69, 9.17) is 4.84 Å². The molecule has 3 aliphatic rings. The molecule has 4 heteroatoms. The van der Waals surface area contributed by atoms with E-state index in [2.05, 4.69) is 15.5 Å². The zero-order chi connectivity index (χ0) is 10.5. The number of rotatable bonds is 1. The van der Waals surface area contributed by atoms with Gasteiger partial charge in [-0.25, -0.2) is 0 Å². The third-order valence-electron chi connectivity index (χ3n) is 3.97. The van der Waals surface area contributed by atoms with Gasteiger partial charge < -0.3 is 10.2 Å². The van der Waals surface area contributed by atoms with Crippen LogP contribution in [-0.2, 0) is 4.84 Å². The first-order valence-corrected chi connectivity index (χ1v) is 5.83. The van der Waals surface area contributed by atoms with Crippen molar-refractivity contribution in [1.29, 1.82) is 0 Å². The quantitative estimate of drug-likeness (QED) is 0.758. The molecule has 82 valence electrons. The molecule has 4 atom stereocenters. The van der Waals surface area contributed by atoms with Gasteiger partial charge in [0.1, 0.15) is 0 Å². The fourth-order valence-electron chi connectivity index (χ4n) is 3.25. The molecule has 0 radical (unpaired) electrons. The molecule has 0 unspecified atom stereocenters. The second-order valence-electron chi connectivity index (χ2n) is 4.77. The zero-order valence-electron chi connectivity index (χ0n) is 8.84. The zero-order valence-corrected chi connectivity index (χ0v) is 8.84. The van der Waals surface area contributed by atoms with E-state index in [9.17, 15) is 0 Å². The van der Waals surface area contributed by atoms with E-state index in [1.165, 1.54) is 12.8 Å². The van der Waals surface area contributed by atoms with Gasteiger partial charge >= 0.3 is 0 Å². The third-order valence-corrected chi connectivity index (χ3v) is 3.97. The molecule has 1 aromatic heterocycles. The molecule has 0 saturated carbocycles. The maximum Gasteiger partial charge on any atom is 0.152 e. The molecular formula is C12H13N3O. The monoisotopic (exact) mass is 215 g/mol. The first-order valence-electron chi connectivity index (χ1n) is 5.83. The smallest absolute Gasteiger partial charge is 0.152 e. The van der Waals surface area contributed by atoms with E-state index >= 15 is 0 Å². The highest BCUT2D eigenvalue weighted by molar-refractivity contribution is 6.03. The first-order chi connectivity index (χ1) is 7.93. The van der Waals surface area contributed by atoms with Crippen LogP contribution in [0.3, 0.4) is 0 Å². The second kappa shape index (κ2) is 3.04. The minimum absolute atomic E-state index is 0.266. The highest BCUT2D eigenvalue weighted by atomic mass is 16.6. The summed E-state index contributed by atoms with van der Waals surface area (Å²) in [6.45, 7) is 0. The van der Waals surface area contributed by atoms with Crippen molar-refractivity contribution < 1.29 is 4.84 Å². The molecule has 4 heterocycles. The molecule has 1 aromatic rings. The highest BCUT2D eigenvalue weighted by Gasteiger charge is 2.54. The summed E-state index contributed by atoms with van der Waals surface area (Å²) in [5, 5.41) is 7.89. The molecule has 4 rings (SSSR count). The van der Waals surface area contributed by atoms with Gasteiger partial charge in [0.2, 0.25) is 0 Å². The number of hydrogen-bond acceptors (Lipinski definition) is 4. The summed E-state index contributed by atoms with van der Waals surface area (Å²) in [5.74, 6) is 0.446. The number of pyridine rings is 1. The van der Waals surface area contributed by atoms with Crippen molar-refractivity contribution >= 4 is 5.71 Å². The number of oxime groups is 1. The van der Waals surface area contributed by atoms with Crippen LogP contribution in [0.2, 0.25) is 0 Å². The second-order valence-corrected chi connectivity index (χ2v) is 4.77. The Morgan fingerprint density at radius 2 is 2.00 bits per heavy atom. The summed E-state index contributed by atoms with van der Waals surface area (Å²) in [4.78, 5) is 9.62. The molecule has 0 aliphatic carbocycles. The molecule has 0 aromatic carbocycles. The summed E-state index contributed by atoms with van der Waals surface area (Å²) in [6, 6.07) is 5.09. The minimum atomic E-state index is 0.266. The number of nitrogens with one attached hydrogen (secondary N) is 1. The fourth-order valence-corrected chi connectivity index (χ4v) is 3.25. The summed E-state index contributed by atoms with van der Waals surface area (Å²) in [6.07, 6.45) is 6.36. The van der Waals surface area contributed by atoms with Gasteiger partial charge in [0.15, 0.2) is 6.10 Å². The molecule has 2 fully saturated rings. The average Bonchev–Trinajstić information content (AvgIpc) is 3.03. The van der Waals surface area contributed by atoms with Crippen LogP contribution in [0.5, 0.6) is 0 Å². The largest absolute Gasteiger partial charge is 0.390 e. The summed E-state index contributed by atoms with van der Waals surface area (Å²) < 4.78 is 0. The lowest BCUT2D eigenvalue weighted by Gasteiger charge is -2.21. The van der Waals surface area contributed by atoms with Crippen LogP contribution in [-0.4, -0.2) is 28.9 Å². The molecule has 2 saturated heterocycles. The van der Waals surface area contributed by atoms with Gasteiger partial charge in [0.05, 0.1) is 11.6 Å². The Morgan fingerprint density at radius 3 is 2.88 bits per heavy atom. The van der Waals surface area contributed by atoms with Crippen molar-refractivity contribution in [3.8, 4) is 0 Å². The van der Waals surface area contributed by atoms with Gasteiger partial charge in [-0.3, -0.25) is 4.98 Å². The molecule has 0 amide bonds. The maximum atomic E-state index is 5.58. The fraction of sp³-hybridized carbons (Fsp3) is 0.500. The Bertz CT molecular complexity index is 445. The Labute approximate surface area is 93.7 Å². The summed E-state index contributed by atoms with van der Waals surface area (Å²) >= 11 is 0. The number of hydrogen-bond donors (Lipinski definition) is 1. The molecule has 16 heavy (non-hydrogen) atoms. The van der Waals surface area contributed by atoms with Crippen molar-refractivity contribution in [3.63, 3.8) is 0 Å². The van der Waals surface area contributed by atoms with Crippen LogP contribution in [0, 0.1) is 5.92 Å². The standard InChI is InChI=1S/C12H13N3O/c1-2-9-12-10(8(1)14-9)11(15-16-12)7-3-5-13-6-4-7/h3-6,8-10,12,14H,1-2H2/t8-,9+,10+,12+/m1/s1. The minimum Gasteiger partial charge on any atom is -0.390 e. The Kier molecular flexibility index (Phi) is 1.65. The van der Waals surface area contributed by atoms with Gasteiger partial charge in [0.25, 0.3) is 0 Å². The van der Waals surface area contributed by atoms with Crippen molar-refractivity contribution in [3.05, 3.63) is 30.1 Å². The van der Waals surface area contributed by atoms with Crippen molar-refractivity contribution in [2.24, 2.45) is 11.1 Å². The van der Waals surface area contributed by atoms with E-state index in [1.807, 2.05) is 24.5 Å². The Morgan fingerprint density at radius 1 is 1.19 bits per heavy atom. The number of fused-ring (bicyclic) bond motifs is 5. The van der Waals surface area contributed by atoms with E-state index < -0.39 is 0 Å². The number of aromatic nitrogens is 1. The van der Waals surface area contributed by atoms with Crippen LogP contribution in [0.25, 0.3) is 0 Å². The van der Waals surface area contributed by atoms with Crippen molar-refractivity contribution in [1.82, 2.24) is 10.3 Å². The van der Waals surface area contributed by atoms with Gasteiger partial charge in [-0.1, -0.05) is 5.16 Å². The molecule has 3 aliphatic heterocycles. The summed E-state index contributed by atoms with van der Waals surface area (Å²) in [5.41, 5.74) is 2.25.